The first kappa shape index (κ1) is 20.1. The summed E-state index contributed by atoms with van der Waals surface area (Å²) in [5.74, 6) is 0.229. The molecule has 2 aromatic rings. The fourth-order valence-corrected chi connectivity index (χ4v) is 2.85. The standard InChI is InChI=1S/C20H22O8/c21-10-16-17(24)18(25)19(26)20(28-16)27-15-8-12(7-14(23)9-15)2-1-11-3-5-13(22)6-4-11/h1-9,16-26H,10H2/b2-1-/t16?,17-,18?,19?,20-/m1/s1. The summed E-state index contributed by atoms with van der Waals surface area (Å²) >= 11 is 0. The number of aliphatic hydroxyl groups is 4. The van der Waals surface area contributed by atoms with Crippen LogP contribution in [-0.2, 0) is 4.74 Å². The number of hydrogen-bond donors (Lipinski definition) is 6. The molecule has 1 fully saturated rings. The second-order valence-corrected chi connectivity index (χ2v) is 6.50. The van der Waals surface area contributed by atoms with E-state index in [-0.39, 0.29) is 17.2 Å². The molecule has 6 N–H and O–H groups in total. The number of aromatic hydroxyl groups is 2. The van der Waals surface area contributed by atoms with Crippen molar-refractivity contribution in [2.45, 2.75) is 30.7 Å². The summed E-state index contributed by atoms with van der Waals surface area (Å²) in [4.78, 5) is 0. The predicted octanol–water partition coefficient (Wildman–Crippen LogP) is 0.447. The van der Waals surface area contributed by atoms with Crippen LogP contribution in [0.4, 0.5) is 0 Å². The molecule has 3 unspecified atom stereocenters. The van der Waals surface area contributed by atoms with Crippen LogP contribution in [0.25, 0.3) is 12.2 Å². The normalized spacial score (nSPS) is 27.8. The minimum absolute atomic E-state index is 0.0903. The largest absolute Gasteiger partial charge is 0.508 e. The summed E-state index contributed by atoms with van der Waals surface area (Å²) in [6, 6.07) is 10.9. The Hall–Kier alpha value is -2.62. The second kappa shape index (κ2) is 8.59. The fraction of sp³-hybridized carbons (Fsp3) is 0.300. The van der Waals surface area contributed by atoms with E-state index in [4.69, 9.17) is 9.47 Å². The molecule has 0 aliphatic carbocycles. The molecule has 5 atom stereocenters. The van der Waals surface area contributed by atoms with E-state index >= 15 is 0 Å². The molecule has 1 aliphatic heterocycles. The van der Waals surface area contributed by atoms with Gasteiger partial charge in [-0.25, -0.2) is 0 Å². The molecule has 0 amide bonds. The van der Waals surface area contributed by atoms with E-state index in [0.29, 0.717) is 5.56 Å². The van der Waals surface area contributed by atoms with E-state index < -0.39 is 37.3 Å². The average molecular weight is 390 g/mol. The maximum absolute atomic E-state index is 10.1. The lowest BCUT2D eigenvalue weighted by atomic mass is 9.99. The highest BCUT2D eigenvalue weighted by Crippen LogP contribution is 2.28. The number of rotatable bonds is 5. The van der Waals surface area contributed by atoms with Crippen molar-refractivity contribution >= 4 is 12.2 Å². The number of phenolic OH excluding ortho intramolecular Hbond substituents is 2. The lowest BCUT2D eigenvalue weighted by Gasteiger charge is -2.39. The van der Waals surface area contributed by atoms with Crippen LogP contribution in [0.3, 0.4) is 0 Å². The summed E-state index contributed by atoms with van der Waals surface area (Å²) in [5, 5.41) is 58.2. The Morgan fingerprint density at radius 2 is 1.50 bits per heavy atom. The highest BCUT2D eigenvalue weighted by atomic mass is 16.7. The van der Waals surface area contributed by atoms with Gasteiger partial charge in [-0.2, -0.15) is 0 Å². The second-order valence-electron chi connectivity index (χ2n) is 6.50. The summed E-state index contributed by atoms with van der Waals surface area (Å²) in [7, 11) is 0. The van der Waals surface area contributed by atoms with Crippen molar-refractivity contribution in [1.29, 1.82) is 0 Å². The first-order chi connectivity index (χ1) is 13.4. The van der Waals surface area contributed by atoms with E-state index in [0.717, 1.165) is 5.56 Å². The molecule has 3 rings (SSSR count). The van der Waals surface area contributed by atoms with E-state index in [1.807, 2.05) is 0 Å². The van der Waals surface area contributed by atoms with Gasteiger partial charge in [0.2, 0.25) is 6.29 Å². The van der Waals surface area contributed by atoms with Gasteiger partial charge in [0, 0.05) is 6.07 Å². The van der Waals surface area contributed by atoms with Crippen LogP contribution >= 0.6 is 0 Å². The van der Waals surface area contributed by atoms with Crippen LogP contribution in [0.5, 0.6) is 17.2 Å². The smallest absolute Gasteiger partial charge is 0.229 e. The molecular formula is C20H22O8. The predicted molar refractivity (Wildman–Crippen MR) is 99.5 cm³/mol. The summed E-state index contributed by atoms with van der Waals surface area (Å²) in [6.45, 7) is -0.564. The Morgan fingerprint density at radius 3 is 2.18 bits per heavy atom. The minimum Gasteiger partial charge on any atom is -0.508 e. The molecule has 1 saturated heterocycles. The third-order valence-electron chi connectivity index (χ3n) is 4.38. The van der Waals surface area contributed by atoms with Crippen LogP contribution in [0.1, 0.15) is 11.1 Å². The summed E-state index contributed by atoms with van der Waals surface area (Å²) in [6.07, 6.45) is -3.52. The average Bonchev–Trinajstić information content (AvgIpc) is 2.67. The Bertz CT molecular complexity index is 817. The molecule has 0 bridgehead atoms. The molecule has 8 heteroatoms. The highest BCUT2D eigenvalue weighted by molar-refractivity contribution is 5.71. The van der Waals surface area contributed by atoms with E-state index in [1.165, 1.54) is 12.1 Å². The van der Waals surface area contributed by atoms with Crippen molar-refractivity contribution in [1.82, 2.24) is 0 Å². The zero-order chi connectivity index (χ0) is 20.3. The molecule has 0 aromatic heterocycles. The van der Waals surface area contributed by atoms with Gasteiger partial charge in [0.25, 0.3) is 0 Å². The Labute approximate surface area is 161 Å². The van der Waals surface area contributed by atoms with Crippen LogP contribution in [0.2, 0.25) is 0 Å². The SMILES string of the molecule is OCC1O[C@@H](Oc2cc(O)cc(/C=C\c3ccc(O)cc3)c2)C(O)C(O)[C@@H]1O. The molecule has 2 aromatic carbocycles. The third kappa shape index (κ3) is 4.61. The highest BCUT2D eigenvalue weighted by Gasteiger charge is 2.44. The zero-order valence-corrected chi connectivity index (χ0v) is 14.8. The first-order valence-corrected chi connectivity index (χ1v) is 8.65. The number of hydrogen-bond acceptors (Lipinski definition) is 8. The number of aliphatic hydroxyl groups excluding tert-OH is 4. The van der Waals surface area contributed by atoms with Gasteiger partial charge in [-0.05, 0) is 35.4 Å². The monoisotopic (exact) mass is 390 g/mol. The van der Waals surface area contributed by atoms with Gasteiger partial charge in [-0.15, -0.1) is 0 Å². The molecule has 0 spiro atoms. The Balaban J connectivity index is 1.76. The zero-order valence-electron chi connectivity index (χ0n) is 14.8. The molecule has 0 saturated carbocycles. The van der Waals surface area contributed by atoms with Crippen LogP contribution in [0.15, 0.2) is 42.5 Å². The van der Waals surface area contributed by atoms with Gasteiger partial charge in [0.1, 0.15) is 41.7 Å². The van der Waals surface area contributed by atoms with E-state index in [1.54, 1.807) is 42.5 Å². The quantitative estimate of drug-likeness (QED) is 0.405. The van der Waals surface area contributed by atoms with Gasteiger partial charge in [-0.1, -0.05) is 24.3 Å². The molecule has 8 nitrogen and oxygen atoms in total. The third-order valence-corrected chi connectivity index (χ3v) is 4.38. The maximum Gasteiger partial charge on any atom is 0.229 e. The van der Waals surface area contributed by atoms with E-state index in [2.05, 4.69) is 0 Å². The molecule has 0 radical (unpaired) electrons. The molecular weight excluding hydrogens is 368 g/mol. The van der Waals surface area contributed by atoms with Crippen molar-refractivity contribution in [3.05, 3.63) is 53.6 Å². The molecule has 1 aliphatic rings. The van der Waals surface area contributed by atoms with Crippen molar-refractivity contribution in [3.8, 4) is 17.2 Å². The Morgan fingerprint density at radius 1 is 0.821 bits per heavy atom. The van der Waals surface area contributed by atoms with Gasteiger partial charge < -0.3 is 40.1 Å². The number of benzene rings is 2. The van der Waals surface area contributed by atoms with Crippen molar-refractivity contribution in [2.24, 2.45) is 0 Å². The Kier molecular flexibility index (Phi) is 6.18. The molecule has 150 valence electrons. The van der Waals surface area contributed by atoms with Gasteiger partial charge in [-0.3, -0.25) is 0 Å². The van der Waals surface area contributed by atoms with Crippen molar-refractivity contribution < 1.29 is 40.1 Å². The van der Waals surface area contributed by atoms with Crippen molar-refractivity contribution in [3.63, 3.8) is 0 Å². The number of phenols is 2. The lowest BCUT2D eigenvalue weighted by molar-refractivity contribution is -0.277. The maximum atomic E-state index is 10.1. The van der Waals surface area contributed by atoms with Gasteiger partial charge in [0.15, 0.2) is 0 Å². The summed E-state index contributed by atoms with van der Waals surface area (Å²) in [5.41, 5.74) is 1.42. The van der Waals surface area contributed by atoms with E-state index in [9.17, 15) is 30.6 Å². The van der Waals surface area contributed by atoms with Crippen molar-refractivity contribution in [2.75, 3.05) is 6.61 Å². The number of ether oxygens (including phenoxy) is 2. The van der Waals surface area contributed by atoms with Gasteiger partial charge in [0.05, 0.1) is 6.61 Å². The van der Waals surface area contributed by atoms with Crippen LogP contribution in [-0.4, -0.2) is 68.0 Å². The molecule has 1 heterocycles. The minimum atomic E-state index is -1.55. The molecule has 28 heavy (non-hydrogen) atoms. The van der Waals surface area contributed by atoms with Crippen LogP contribution in [0, 0.1) is 0 Å². The fourth-order valence-electron chi connectivity index (χ4n) is 2.85. The first-order valence-electron chi connectivity index (χ1n) is 8.65. The lowest BCUT2D eigenvalue weighted by Crippen LogP contribution is -2.60. The van der Waals surface area contributed by atoms with Crippen LogP contribution < -0.4 is 4.74 Å². The topological polar surface area (TPSA) is 140 Å². The summed E-state index contributed by atoms with van der Waals surface area (Å²) < 4.78 is 10.8. The van der Waals surface area contributed by atoms with Gasteiger partial charge >= 0.3 is 0 Å².